The number of fused-ring (bicyclic) bond motifs is 1. The summed E-state index contributed by atoms with van der Waals surface area (Å²) in [7, 11) is 0. The summed E-state index contributed by atoms with van der Waals surface area (Å²) in [5.41, 5.74) is 4.51. The fourth-order valence-electron chi connectivity index (χ4n) is 4.81. The molecule has 2 N–H and O–H groups in total. The van der Waals surface area contributed by atoms with Gasteiger partial charge in [0, 0.05) is 18.6 Å². The van der Waals surface area contributed by atoms with Crippen LogP contribution in [0.2, 0.25) is 0 Å². The van der Waals surface area contributed by atoms with Crippen LogP contribution in [0.4, 0.5) is 0 Å². The summed E-state index contributed by atoms with van der Waals surface area (Å²) in [5, 5.41) is 6.90. The van der Waals surface area contributed by atoms with E-state index in [-0.39, 0.29) is 11.9 Å². The average Bonchev–Trinajstić information content (AvgIpc) is 3.55. The van der Waals surface area contributed by atoms with E-state index in [0.29, 0.717) is 17.7 Å². The van der Waals surface area contributed by atoms with Crippen molar-refractivity contribution in [3.05, 3.63) is 58.9 Å². The van der Waals surface area contributed by atoms with E-state index in [2.05, 4.69) is 33.8 Å². The number of hydrogen-bond acceptors (Lipinski definition) is 4. The quantitative estimate of drug-likeness (QED) is 0.673. The molecule has 1 aromatic carbocycles. The van der Waals surface area contributed by atoms with E-state index in [9.17, 15) is 4.79 Å². The van der Waals surface area contributed by atoms with Crippen molar-refractivity contribution < 1.29 is 9.53 Å². The third-order valence-corrected chi connectivity index (χ3v) is 6.89. The average molecular weight is 420 g/mol. The normalized spacial score (nSPS) is 21.0. The second-order valence-corrected chi connectivity index (χ2v) is 9.53. The summed E-state index contributed by atoms with van der Waals surface area (Å²) in [6, 6.07) is 11.2. The van der Waals surface area contributed by atoms with Gasteiger partial charge >= 0.3 is 0 Å². The molecule has 1 atom stereocenters. The van der Waals surface area contributed by atoms with Gasteiger partial charge in [0.25, 0.3) is 5.91 Å². The minimum absolute atomic E-state index is 0.106. The van der Waals surface area contributed by atoms with Crippen LogP contribution in [0.1, 0.15) is 72.1 Å². The van der Waals surface area contributed by atoms with Crippen molar-refractivity contribution in [3.63, 3.8) is 0 Å². The smallest absolute Gasteiger partial charge is 0.270 e. The van der Waals surface area contributed by atoms with Crippen LogP contribution < -0.4 is 15.4 Å². The SMILES string of the molecule is O=C(NC1Cc2ccc(CNC3CCCCC3)cc2C1)c1ccc(OCC2CC2)cn1. The zero-order valence-electron chi connectivity index (χ0n) is 18.2. The molecule has 0 saturated heterocycles. The van der Waals surface area contributed by atoms with Gasteiger partial charge in [0.15, 0.2) is 0 Å². The number of carbonyl (C=O) groups excluding carboxylic acids is 1. The molecule has 31 heavy (non-hydrogen) atoms. The summed E-state index contributed by atoms with van der Waals surface area (Å²) in [6.07, 6.45) is 12.7. The highest BCUT2D eigenvalue weighted by Gasteiger charge is 2.25. The van der Waals surface area contributed by atoms with Crippen LogP contribution in [0.25, 0.3) is 0 Å². The first-order valence-corrected chi connectivity index (χ1v) is 12.0. The molecule has 164 valence electrons. The van der Waals surface area contributed by atoms with Crippen molar-refractivity contribution in [2.24, 2.45) is 5.92 Å². The Bertz CT molecular complexity index is 901. The van der Waals surface area contributed by atoms with E-state index in [0.717, 1.165) is 31.7 Å². The van der Waals surface area contributed by atoms with Gasteiger partial charge in [-0.2, -0.15) is 0 Å². The monoisotopic (exact) mass is 419 g/mol. The standard InChI is InChI=1S/C26H33N3O2/c30-26(25-11-10-24(16-28-25)31-17-18-6-7-18)29-23-13-20-9-8-19(12-21(20)14-23)15-27-22-4-2-1-3-5-22/h8-12,16,18,22-23,27H,1-7,13-15,17H2,(H,29,30). The maximum Gasteiger partial charge on any atom is 0.270 e. The lowest BCUT2D eigenvalue weighted by Gasteiger charge is -2.23. The van der Waals surface area contributed by atoms with Crippen LogP contribution in [0.3, 0.4) is 0 Å². The lowest BCUT2D eigenvalue weighted by Crippen LogP contribution is -2.35. The molecule has 3 aliphatic rings. The van der Waals surface area contributed by atoms with E-state index in [1.165, 1.54) is 61.6 Å². The van der Waals surface area contributed by atoms with Gasteiger partial charge in [0.05, 0.1) is 12.8 Å². The second kappa shape index (κ2) is 9.39. The molecule has 5 nitrogen and oxygen atoms in total. The summed E-state index contributed by atoms with van der Waals surface area (Å²) < 4.78 is 5.71. The lowest BCUT2D eigenvalue weighted by molar-refractivity contribution is 0.0933. The number of rotatable bonds is 8. The van der Waals surface area contributed by atoms with E-state index in [1.807, 2.05) is 6.07 Å². The maximum absolute atomic E-state index is 12.7. The fourth-order valence-corrected chi connectivity index (χ4v) is 4.81. The fraction of sp³-hybridized carbons (Fsp3) is 0.538. The predicted octanol–water partition coefficient (Wildman–Crippen LogP) is 4.19. The first-order chi connectivity index (χ1) is 15.2. The Balaban J connectivity index is 1.12. The summed E-state index contributed by atoms with van der Waals surface area (Å²) in [4.78, 5) is 17.0. The van der Waals surface area contributed by atoms with Crippen molar-refractivity contribution in [1.29, 1.82) is 0 Å². The van der Waals surface area contributed by atoms with Crippen LogP contribution >= 0.6 is 0 Å². The first kappa shape index (κ1) is 20.5. The van der Waals surface area contributed by atoms with Gasteiger partial charge < -0.3 is 15.4 Å². The topological polar surface area (TPSA) is 63.2 Å². The molecule has 0 radical (unpaired) electrons. The van der Waals surface area contributed by atoms with E-state index in [4.69, 9.17) is 4.74 Å². The number of benzene rings is 1. The van der Waals surface area contributed by atoms with Crippen LogP contribution in [-0.4, -0.2) is 29.6 Å². The molecule has 5 rings (SSSR count). The molecule has 2 fully saturated rings. The number of amides is 1. The molecule has 5 heteroatoms. The lowest BCUT2D eigenvalue weighted by atomic mass is 9.95. The van der Waals surface area contributed by atoms with E-state index >= 15 is 0 Å². The molecule has 1 aromatic heterocycles. The zero-order valence-corrected chi connectivity index (χ0v) is 18.2. The van der Waals surface area contributed by atoms with Gasteiger partial charge in [-0.15, -0.1) is 0 Å². The predicted molar refractivity (Wildman–Crippen MR) is 121 cm³/mol. The number of ether oxygens (including phenoxy) is 1. The van der Waals surface area contributed by atoms with Gasteiger partial charge in [0.2, 0.25) is 0 Å². The number of nitrogens with zero attached hydrogens (tertiary/aromatic N) is 1. The number of aromatic nitrogens is 1. The van der Waals surface area contributed by atoms with Crippen LogP contribution in [0.15, 0.2) is 36.5 Å². The Labute approximate surface area is 185 Å². The molecule has 1 amide bonds. The number of hydrogen-bond donors (Lipinski definition) is 2. The minimum Gasteiger partial charge on any atom is -0.492 e. The summed E-state index contributed by atoms with van der Waals surface area (Å²) >= 11 is 0. The number of nitrogens with one attached hydrogen (secondary N) is 2. The van der Waals surface area contributed by atoms with Gasteiger partial charge in [-0.25, -0.2) is 4.98 Å². The Morgan fingerprint density at radius 1 is 0.968 bits per heavy atom. The highest BCUT2D eigenvalue weighted by Crippen LogP contribution is 2.29. The molecule has 2 aromatic rings. The van der Waals surface area contributed by atoms with Gasteiger partial charge in [-0.1, -0.05) is 37.5 Å². The summed E-state index contributed by atoms with van der Waals surface area (Å²) in [6.45, 7) is 1.69. The Hall–Kier alpha value is -2.40. The number of carbonyl (C=O) groups is 1. The van der Waals surface area contributed by atoms with Gasteiger partial charge in [-0.3, -0.25) is 4.79 Å². The van der Waals surface area contributed by atoms with Crippen molar-refractivity contribution in [3.8, 4) is 5.75 Å². The van der Waals surface area contributed by atoms with Crippen LogP contribution in [0.5, 0.6) is 5.75 Å². The molecule has 1 heterocycles. The Morgan fingerprint density at radius 3 is 2.58 bits per heavy atom. The van der Waals surface area contributed by atoms with Gasteiger partial charge in [-0.05, 0) is 73.3 Å². The summed E-state index contributed by atoms with van der Waals surface area (Å²) in [5.74, 6) is 1.34. The maximum atomic E-state index is 12.7. The second-order valence-electron chi connectivity index (χ2n) is 9.53. The van der Waals surface area contributed by atoms with Crippen molar-refractivity contribution in [2.45, 2.75) is 76.4 Å². The highest BCUT2D eigenvalue weighted by atomic mass is 16.5. The Kier molecular flexibility index (Phi) is 6.21. The molecule has 1 unspecified atom stereocenters. The molecule has 0 bridgehead atoms. The molecular formula is C26H33N3O2. The first-order valence-electron chi connectivity index (χ1n) is 12.0. The molecule has 0 aliphatic heterocycles. The van der Waals surface area contributed by atoms with Crippen LogP contribution in [-0.2, 0) is 19.4 Å². The van der Waals surface area contributed by atoms with Gasteiger partial charge in [0.1, 0.15) is 11.4 Å². The largest absolute Gasteiger partial charge is 0.492 e. The third kappa shape index (κ3) is 5.45. The van der Waals surface area contributed by atoms with E-state index < -0.39 is 0 Å². The van der Waals surface area contributed by atoms with Crippen molar-refractivity contribution in [1.82, 2.24) is 15.6 Å². The Morgan fingerprint density at radius 2 is 1.81 bits per heavy atom. The minimum atomic E-state index is -0.106. The van der Waals surface area contributed by atoms with Crippen molar-refractivity contribution in [2.75, 3.05) is 6.61 Å². The van der Waals surface area contributed by atoms with Crippen LogP contribution in [0, 0.1) is 5.92 Å². The van der Waals surface area contributed by atoms with Crippen molar-refractivity contribution >= 4 is 5.91 Å². The highest BCUT2D eigenvalue weighted by molar-refractivity contribution is 5.92. The number of pyridine rings is 1. The third-order valence-electron chi connectivity index (χ3n) is 6.89. The zero-order chi connectivity index (χ0) is 21.0. The molecular weight excluding hydrogens is 386 g/mol. The van der Waals surface area contributed by atoms with E-state index in [1.54, 1.807) is 12.3 Å². The molecule has 0 spiro atoms. The molecule has 2 saturated carbocycles. The molecule has 3 aliphatic carbocycles.